The van der Waals surface area contributed by atoms with Crippen molar-refractivity contribution in [3.05, 3.63) is 37.4 Å². The molecule has 1 aromatic heterocycles. The van der Waals surface area contributed by atoms with Crippen LogP contribution in [-0.2, 0) is 12.8 Å². The molecule has 3 heteroatoms. The molecular weight excluding hydrogens is 275 g/mol. The van der Waals surface area contributed by atoms with E-state index in [4.69, 9.17) is 0 Å². The van der Waals surface area contributed by atoms with E-state index in [1.54, 1.807) is 4.88 Å². The monoisotopic (exact) mass is 284 g/mol. The molecule has 0 bridgehead atoms. The van der Waals surface area contributed by atoms with Gasteiger partial charge in [0.15, 0.2) is 0 Å². The van der Waals surface area contributed by atoms with Gasteiger partial charge in [-0.3, -0.25) is 0 Å². The zero-order valence-electron chi connectivity index (χ0n) is 7.45. The van der Waals surface area contributed by atoms with E-state index in [9.17, 15) is 0 Å². The van der Waals surface area contributed by atoms with Crippen LogP contribution >= 0.6 is 22.7 Å². The van der Waals surface area contributed by atoms with E-state index in [0.29, 0.717) is 0 Å². The van der Waals surface area contributed by atoms with E-state index in [2.05, 4.69) is 39.8 Å². The minimum absolute atomic E-state index is 1.20. The number of fused-ring (bicyclic) bond motifs is 3. The third-order valence-electron chi connectivity index (χ3n) is 2.53. The standard InChI is InChI=1S/C11H8S2Se/c14-11-12-9-6-5-7-3-1-2-4-8(7)10(9)13-11/h1-4H,5-6H2. The number of aryl methyl sites for hydroxylation is 2. The van der Waals surface area contributed by atoms with Crippen LogP contribution in [0.3, 0.4) is 0 Å². The van der Waals surface area contributed by atoms with Gasteiger partial charge in [-0.2, -0.15) is 0 Å². The van der Waals surface area contributed by atoms with Crippen molar-refractivity contribution >= 4 is 38.2 Å². The Morgan fingerprint density at radius 3 is 2.86 bits per heavy atom. The van der Waals surface area contributed by atoms with Gasteiger partial charge in [-0.1, -0.05) is 0 Å². The van der Waals surface area contributed by atoms with Crippen molar-refractivity contribution < 1.29 is 0 Å². The van der Waals surface area contributed by atoms with Crippen molar-refractivity contribution in [3.8, 4) is 10.4 Å². The van der Waals surface area contributed by atoms with Crippen LogP contribution in [0.15, 0.2) is 24.3 Å². The van der Waals surface area contributed by atoms with Crippen LogP contribution in [0.5, 0.6) is 0 Å². The first-order chi connectivity index (χ1) is 6.84. The Balaban J connectivity index is 2.33. The minimum atomic E-state index is 1.20. The van der Waals surface area contributed by atoms with E-state index in [1.165, 1.54) is 31.5 Å². The van der Waals surface area contributed by atoms with Crippen molar-refractivity contribution in [2.45, 2.75) is 12.8 Å². The van der Waals surface area contributed by atoms with E-state index in [-0.39, 0.29) is 0 Å². The third kappa shape index (κ3) is 1.36. The van der Waals surface area contributed by atoms with Gasteiger partial charge in [0.25, 0.3) is 0 Å². The molecule has 0 atom stereocenters. The normalized spacial score (nSPS) is 13.4. The number of benzene rings is 1. The summed E-state index contributed by atoms with van der Waals surface area (Å²) in [7, 11) is 0. The molecule has 0 amide bonds. The fourth-order valence-corrected chi connectivity index (χ4v) is 5.31. The molecule has 70 valence electrons. The second-order valence-electron chi connectivity index (χ2n) is 3.36. The third-order valence-corrected chi connectivity index (χ3v) is 5.87. The van der Waals surface area contributed by atoms with E-state index in [0.717, 1.165) is 0 Å². The Morgan fingerprint density at radius 1 is 1.07 bits per heavy atom. The number of hydrogen-bond donors (Lipinski definition) is 0. The molecule has 0 nitrogen and oxygen atoms in total. The Morgan fingerprint density at radius 2 is 1.93 bits per heavy atom. The summed E-state index contributed by atoms with van der Waals surface area (Å²) in [4.78, 5) is 3.05. The topological polar surface area (TPSA) is 0 Å². The summed E-state index contributed by atoms with van der Waals surface area (Å²) in [5.41, 5.74) is 2.96. The average Bonchev–Trinajstić information content (AvgIpc) is 2.59. The van der Waals surface area contributed by atoms with Crippen LogP contribution in [0.1, 0.15) is 10.4 Å². The first kappa shape index (κ1) is 9.05. The molecule has 2 aromatic rings. The van der Waals surface area contributed by atoms with Gasteiger partial charge in [0.05, 0.1) is 0 Å². The molecule has 0 spiro atoms. The van der Waals surface area contributed by atoms with Gasteiger partial charge >= 0.3 is 98.9 Å². The average molecular weight is 283 g/mol. The second kappa shape index (κ2) is 3.42. The van der Waals surface area contributed by atoms with Crippen molar-refractivity contribution in [1.29, 1.82) is 0 Å². The van der Waals surface area contributed by atoms with Crippen LogP contribution in [-0.4, -0.2) is 15.6 Å². The zero-order chi connectivity index (χ0) is 9.54. The van der Waals surface area contributed by atoms with Crippen LogP contribution in [0, 0.1) is 2.69 Å². The van der Waals surface area contributed by atoms with Crippen molar-refractivity contribution in [3.63, 3.8) is 0 Å². The van der Waals surface area contributed by atoms with Crippen LogP contribution in [0.25, 0.3) is 10.4 Å². The summed E-state index contributed by atoms with van der Waals surface area (Å²) in [5, 5.41) is 0. The molecule has 0 radical (unpaired) electrons. The molecule has 0 saturated carbocycles. The Labute approximate surface area is 98.6 Å². The molecule has 1 aliphatic rings. The van der Waals surface area contributed by atoms with Gasteiger partial charge in [-0.05, 0) is 0 Å². The Kier molecular flexibility index (Phi) is 2.21. The molecular formula is C11H8S2Se. The molecule has 3 rings (SSSR count). The van der Waals surface area contributed by atoms with Gasteiger partial charge in [0.1, 0.15) is 0 Å². The SMILES string of the molecule is [Se]=c1sc2c(s1)-c1ccccc1CC2. The van der Waals surface area contributed by atoms with Gasteiger partial charge in [0.2, 0.25) is 0 Å². The van der Waals surface area contributed by atoms with Gasteiger partial charge in [-0.15, -0.1) is 0 Å². The second-order valence-corrected chi connectivity index (χ2v) is 7.77. The predicted octanol–water partition coefficient (Wildman–Crippen LogP) is 3.28. The summed E-state index contributed by atoms with van der Waals surface area (Å²) in [6, 6.07) is 8.77. The summed E-state index contributed by atoms with van der Waals surface area (Å²) in [6.07, 6.45) is 2.42. The molecule has 0 N–H and O–H groups in total. The van der Waals surface area contributed by atoms with Gasteiger partial charge in [-0.25, -0.2) is 0 Å². The van der Waals surface area contributed by atoms with Crippen molar-refractivity contribution in [2.24, 2.45) is 0 Å². The molecule has 1 heterocycles. The fraction of sp³-hybridized carbons (Fsp3) is 0.182. The van der Waals surface area contributed by atoms with Gasteiger partial charge < -0.3 is 0 Å². The van der Waals surface area contributed by atoms with Crippen molar-refractivity contribution in [2.75, 3.05) is 0 Å². The number of rotatable bonds is 0. The fourth-order valence-electron chi connectivity index (χ4n) is 1.89. The predicted molar refractivity (Wildman–Crippen MR) is 64.0 cm³/mol. The van der Waals surface area contributed by atoms with Crippen LogP contribution in [0.4, 0.5) is 0 Å². The van der Waals surface area contributed by atoms with Crippen LogP contribution in [0.2, 0.25) is 0 Å². The zero-order valence-corrected chi connectivity index (χ0v) is 10.8. The first-order valence-electron chi connectivity index (χ1n) is 4.56. The van der Waals surface area contributed by atoms with Crippen molar-refractivity contribution in [1.82, 2.24) is 0 Å². The quantitative estimate of drug-likeness (QED) is 0.651. The molecule has 14 heavy (non-hydrogen) atoms. The molecule has 0 aliphatic heterocycles. The maximum atomic E-state index is 3.13. The van der Waals surface area contributed by atoms with E-state index >= 15 is 0 Å². The molecule has 0 unspecified atom stereocenters. The molecule has 0 fully saturated rings. The Hall–Kier alpha value is -0.211. The van der Waals surface area contributed by atoms with Gasteiger partial charge in [0, 0.05) is 0 Å². The maximum absolute atomic E-state index is 3.13. The van der Waals surface area contributed by atoms with E-state index in [1.807, 2.05) is 22.7 Å². The van der Waals surface area contributed by atoms with E-state index < -0.39 is 0 Å². The first-order valence-corrected chi connectivity index (χ1v) is 7.04. The molecule has 1 aromatic carbocycles. The molecule has 0 saturated heterocycles. The summed E-state index contributed by atoms with van der Waals surface area (Å²) >= 11 is 6.94. The summed E-state index contributed by atoms with van der Waals surface area (Å²) in [6.45, 7) is 0. The summed E-state index contributed by atoms with van der Waals surface area (Å²) < 4.78 is 1.35. The van der Waals surface area contributed by atoms with Crippen LogP contribution < -0.4 is 0 Å². The Bertz CT molecular complexity index is 536. The number of hydrogen-bond acceptors (Lipinski definition) is 2. The summed E-state index contributed by atoms with van der Waals surface area (Å²) in [5.74, 6) is 0. The molecule has 1 aliphatic carbocycles.